The lowest BCUT2D eigenvalue weighted by Gasteiger charge is -2.11. The molecule has 0 aliphatic carbocycles. The number of hydrogen-bond donors (Lipinski definition) is 1. The fourth-order valence-electron chi connectivity index (χ4n) is 1.75. The van der Waals surface area contributed by atoms with E-state index in [1.54, 1.807) is 36.4 Å². The number of esters is 1. The van der Waals surface area contributed by atoms with Gasteiger partial charge in [0.15, 0.2) is 0 Å². The topological polar surface area (TPSA) is 46.5 Å². The molecule has 2 rings (SSSR count). The van der Waals surface area contributed by atoms with Gasteiger partial charge in [-0.15, -0.1) is 0 Å². The summed E-state index contributed by atoms with van der Waals surface area (Å²) >= 11 is 4.25. The zero-order valence-electron chi connectivity index (χ0n) is 11.0. The van der Waals surface area contributed by atoms with Crippen LogP contribution in [0.25, 0.3) is 6.08 Å². The number of ether oxygens (including phenoxy) is 1. The highest BCUT2D eigenvalue weighted by Crippen LogP contribution is 2.29. The highest BCUT2D eigenvalue weighted by atomic mass is 127. The summed E-state index contributed by atoms with van der Waals surface area (Å²) in [6, 6.07) is 10.7. The lowest BCUT2D eigenvalue weighted by molar-refractivity contribution is 0.0729. The van der Waals surface area contributed by atoms with Gasteiger partial charge < -0.3 is 9.84 Å². The number of rotatable bonds is 4. The molecule has 0 aliphatic heterocycles. The molecule has 0 aliphatic rings. The Balaban J connectivity index is 2.28. The lowest BCUT2D eigenvalue weighted by Crippen LogP contribution is -2.11. The number of halogens is 2. The summed E-state index contributed by atoms with van der Waals surface area (Å²) < 4.78 is 7.22. The maximum absolute atomic E-state index is 12.2. The fourth-order valence-corrected chi connectivity index (χ4v) is 3.83. The Bertz CT molecular complexity index is 679. The van der Waals surface area contributed by atoms with Crippen molar-refractivity contribution in [3.63, 3.8) is 0 Å². The normalized spacial score (nSPS) is 10.2. The predicted octanol–water partition coefficient (Wildman–Crippen LogP) is 4.25. The predicted molar refractivity (Wildman–Crippen MR) is 99.3 cm³/mol. The molecule has 0 amide bonds. The van der Waals surface area contributed by atoms with Gasteiger partial charge in [0, 0.05) is 9.13 Å². The van der Waals surface area contributed by atoms with Crippen molar-refractivity contribution in [1.82, 2.24) is 0 Å². The summed E-state index contributed by atoms with van der Waals surface area (Å²) in [5.41, 5.74) is 1.99. The second-order valence-corrected chi connectivity index (χ2v) is 6.66. The van der Waals surface area contributed by atoms with Crippen LogP contribution < -0.4 is 4.74 Å². The van der Waals surface area contributed by atoms with Gasteiger partial charge in [-0.05, 0) is 75.0 Å². The number of aliphatic hydroxyl groups excluding tert-OH is 1. The number of carbonyl (C=O) groups excluding carboxylic acids is 1. The van der Waals surface area contributed by atoms with Crippen LogP contribution in [0.4, 0.5) is 0 Å². The molecule has 0 spiro atoms. The number of benzene rings is 2. The molecule has 108 valence electrons. The molecule has 21 heavy (non-hydrogen) atoms. The third kappa shape index (κ3) is 4.04. The van der Waals surface area contributed by atoms with E-state index in [9.17, 15) is 9.90 Å². The maximum atomic E-state index is 12.2. The van der Waals surface area contributed by atoms with Crippen LogP contribution in [0, 0.1) is 7.14 Å². The molecular formula is C16H12I2O3. The van der Waals surface area contributed by atoms with Crippen LogP contribution >= 0.6 is 45.2 Å². The SMILES string of the molecule is C=Cc1ccc(C(=O)Oc2c(I)cc(I)cc2CO)cc1. The molecule has 1 N–H and O–H groups in total. The second kappa shape index (κ2) is 7.37. The van der Waals surface area contributed by atoms with E-state index in [2.05, 4.69) is 51.8 Å². The number of hydrogen-bond acceptors (Lipinski definition) is 3. The van der Waals surface area contributed by atoms with Crippen LogP contribution in [-0.4, -0.2) is 11.1 Å². The lowest BCUT2D eigenvalue weighted by atomic mass is 10.1. The van der Waals surface area contributed by atoms with Crippen molar-refractivity contribution in [2.75, 3.05) is 0 Å². The molecule has 0 atom stereocenters. The number of carbonyl (C=O) groups is 1. The zero-order valence-corrected chi connectivity index (χ0v) is 15.3. The highest BCUT2D eigenvalue weighted by molar-refractivity contribution is 14.1. The Hall–Kier alpha value is -0.930. The molecule has 5 heteroatoms. The minimum absolute atomic E-state index is 0.176. The van der Waals surface area contributed by atoms with Gasteiger partial charge in [-0.3, -0.25) is 0 Å². The van der Waals surface area contributed by atoms with Gasteiger partial charge in [-0.2, -0.15) is 0 Å². The molecule has 0 unspecified atom stereocenters. The van der Waals surface area contributed by atoms with Gasteiger partial charge in [0.25, 0.3) is 0 Å². The Labute approximate surface area is 150 Å². The first-order chi connectivity index (χ1) is 10.0. The van der Waals surface area contributed by atoms with Crippen LogP contribution in [0.2, 0.25) is 0 Å². The quantitative estimate of drug-likeness (QED) is 0.384. The number of aliphatic hydroxyl groups is 1. The standard InChI is InChI=1S/C16H12I2O3/c1-2-10-3-5-11(6-4-10)16(20)21-15-12(9-19)7-13(17)8-14(15)18/h2-8,19H,1,9H2. The summed E-state index contributed by atoms with van der Waals surface area (Å²) in [5.74, 6) is -0.0317. The summed E-state index contributed by atoms with van der Waals surface area (Å²) in [7, 11) is 0. The Kier molecular flexibility index (Phi) is 5.77. The molecule has 0 saturated heterocycles. The second-order valence-electron chi connectivity index (χ2n) is 4.25. The van der Waals surface area contributed by atoms with Gasteiger partial charge in [-0.1, -0.05) is 24.8 Å². The molecular weight excluding hydrogens is 494 g/mol. The van der Waals surface area contributed by atoms with E-state index in [1.165, 1.54) is 0 Å². The summed E-state index contributed by atoms with van der Waals surface area (Å²) in [6.07, 6.45) is 1.71. The van der Waals surface area contributed by atoms with Gasteiger partial charge in [0.2, 0.25) is 0 Å². The van der Waals surface area contributed by atoms with Gasteiger partial charge >= 0.3 is 5.97 Å². The third-order valence-electron chi connectivity index (χ3n) is 2.83. The van der Waals surface area contributed by atoms with E-state index in [0.29, 0.717) is 16.9 Å². The maximum Gasteiger partial charge on any atom is 0.343 e. The molecule has 0 fully saturated rings. The molecule has 2 aromatic carbocycles. The van der Waals surface area contributed by atoms with Crippen molar-refractivity contribution in [2.24, 2.45) is 0 Å². The van der Waals surface area contributed by atoms with E-state index in [-0.39, 0.29) is 6.61 Å². The Morgan fingerprint density at radius 2 is 1.90 bits per heavy atom. The summed E-state index contributed by atoms with van der Waals surface area (Å²) in [4.78, 5) is 12.2. The van der Waals surface area contributed by atoms with Crippen molar-refractivity contribution >= 4 is 57.2 Å². The smallest absolute Gasteiger partial charge is 0.343 e. The Morgan fingerprint density at radius 1 is 1.24 bits per heavy atom. The minimum Gasteiger partial charge on any atom is -0.421 e. The monoisotopic (exact) mass is 506 g/mol. The molecule has 0 bridgehead atoms. The van der Waals surface area contributed by atoms with Gasteiger partial charge in [-0.25, -0.2) is 4.79 Å². The first-order valence-corrected chi connectivity index (χ1v) is 8.24. The molecule has 0 saturated carbocycles. The van der Waals surface area contributed by atoms with Crippen LogP contribution in [0.5, 0.6) is 5.75 Å². The first kappa shape index (κ1) is 16.4. The molecule has 3 nitrogen and oxygen atoms in total. The van der Waals surface area contributed by atoms with Crippen LogP contribution in [-0.2, 0) is 6.61 Å². The first-order valence-electron chi connectivity index (χ1n) is 6.08. The van der Waals surface area contributed by atoms with E-state index in [4.69, 9.17) is 4.74 Å². The zero-order chi connectivity index (χ0) is 15.4. The van der Waals surface area contributed by atoms with E-state index in [0.717, 1.165) is 12.7 Å². The highest BCUT2D eigenvalue weighted by Gasteiger charge is 2.15. The summed E-state index contributed by atoms with van der Waals surface area (Å²) in [5, 5.41) is 9.41. The van der Waals surface area contributed by atoms with E-state index >= 15 is 0 Å². The molecule has 2 aromatic rings. The van der Waals surface area contributed by atoms with Crippen molar-refractivity contribution in [3.8, 4) is 5.75 Å². The van der Waals surface area contributed by atoms with Crippen LogP contribution in [0.1, 0.15) is 21.5 Å². The van der Waals surface area contributed by atoms with Crippen molar-refractivity contribution in [2.45, 2.75) is 6.61 Å². The average Bonchev–Trinajstić information content (AvgIpc) is 2.49. The summed E-state index contributed by atoms with van der Waals surface area (Å²) in [6.45, 7) is 3.49. The minimum atomic E-state index is -0.445. The molecule has 0 aromatic heterocycles. The van der Waals surface area contributed by atoms with Crippen molar-refractivity contribution in [1.29, 1.82) is 0 Å². The van der Waals surface area contributed by atoms with Gasteiger partial charge in [0.1, 0.15) is 5.75 Å². The van der Waals surface area contributed by atoms with Crippen LogP contribution in [0.15, 0.2) is 43.0 Å². The third-order valence-corrected chi connectivity index (χ3v) is 4.26. The molecule has 0 heterocycles. The molecule has 0 radical (unpaired) electrons. The van der Waals surface area contributed by atoms with Gasteiger partial charge in [0.05, 0.1) is 15.7 Å². The Morgan fingerprint density at radius 3 is 2.48 bits per heavy atom. The van der Waals surface area contributed by atoms with Crippen LogP contribution in [0.3, 0.4) is 0 Å². The van der Waals surface area contributed by atoms with E-state index in [1.807, 2.05) is 6.07 Å². The average molecular weight is 506 g/mol. The van der Waals surface area contributed by atoms with Crippen molar-refractivity contribution < 1.29 is 14.6 Å². The van der Waals surface area contributed by atoms with E-state index < -0.39 is 5.97 Å². The fraction of sp³-hybridized carbons (Fsp3) is 0.0625. The largest absolute Gasteiger partial charge is 0.421 e. The van der Waals surface area contributed by atoms with Crippen molar-refractivity contribution in [3.05, 3.63) is 66.8 Å².